The first-order valence-corrected chi connectivity index (χ1v) is 5.88. The maximum atomic E-state index is 11.9. The van der Waals surface area contributed by atoms with Crippen LogP contribution in [0.2, 0.25) is 0 Å². The Labute approximate surface area is 104 Å². The van der Waals surface area contributed by atoms with E-state index in [1.54, 1.807) is 13.8 Å². The van der Waals surface area contributed by atoms with Gasteiger partial charge in [-0.25, -0.2) is 4.98 Å². The van der Waals surface area contributed by atoms with Gasteiger partial charge in [0.25, 0.3) is 0 Å². The molecule has 5 heteroatoms. The number of carbonyl (C=O) groups is 1. The summed E-state index contributed by atoms with van der Waals surface area (Å²) in [6, 6.07) is 7.60. The lowest BCUT2D eigenvalue weighted by molar-refractivity contribution is -0.123. The molecule has 0 saturated carbocycles. The second kappa shape index (κ2) is 4.37. The number of aromatic nitrogens is 2. The highest BCUT2D eigenvalue weighted by molar-refractivity contribution is 6.20. The zero-order valence-electron chi connectivity index (χ0n) is 9.75. The molecular weight excluding hydrogens is 238 g/mol. The lowest BCUT2D eigenvalue weighted by atomic mass is 9.95. The van der Waals surface area contributed by atoms with Gasteiger partial charge in [-0.1, -0.05) is 12.1 Å². The predicted octanol–water partition coefficient (Wildman–Crippen LogP) is 2.77. The summed E-state index contributed by atoms with van der Waals surface area (Å²) in [5.41, 5.74) is 1.11. The predicted molar refractivity (Wildman–Crippen MR) is 69.2 cm³/mol. The van der Waals surface area contributed by atoms with Crippen LogP contribution in [0, 0.1) is 5.41 Å². The summed E-state index contributed by atoms with van der Waals surface area (Å²) in [7, 11) is 0. The van der Waals surface area contributed by atoms with E-state index in [1.165, 1.54) is 0 Å². The molecule has 1 aromatic carbocycles. The van der Waals surface area contributed by atoms with Crippen molar-refractivity contribution in [2.45, 2.75) is 13.8 Å². The monoisotopic (exact) mass is 251 g/mol. The van der Waals surface area contributed by atoms with Crippen LogP contribution < -0.4 is 5.32 Å². The van der Waals surface area contributed by atoms with Gasteiger partial charge < -0.3 is 4.98 Å². The summed E-state index contributed by atoms with van der Waals surface area (Å²) in [5, 5.41) is 2.73. The van der Waals surface area contributed by atoms with Crippen LogP contribution >= 0.6 is 11.6 Å². The fourth-order valence-corrected chi connectivity index (χ4v) is 1.47. The topological polar surface area (TPSA) is 57.8 Å². The largest absolute Gasteiger partial charge is 0.324 e. The van der Waals surface area contributed by atoms with E-state index >= 15 is 0 Å². The summed E-state index contributed by atoms with van der Waals surface area (Å²) in [4.78, 5) is 19.2. The molecule has 1 heterocycles. The van der Waals surface area contributed by atoms with E-state index in [2.05, 4.69) is 15.3 Å². The Morgan fingerprint density at radius 2 is 2.18 bits per heavy atom. The average Bonchev–Trinajstić information content (AvgIpc) is 2.70. The highest BCUT2D eigenvalue weighted by Gasteiger charge is 2.27. The smallest absolute Gasteiger partial charge is 0.233 e. The number of carbonyl (C=O) groups excluding carboxylic acids is 1. The van der Waals surface area contributed by atoms with Crippen molar-refractivity contribution >= 4 is 34.5 Å². The minimum absolute atomic E-state index is 0.147. The number of nitrogens with zero attached hydrogens (tertiary/aromatic N) is 1. The molecule has 0 saturated heterocycles. The second-order valence-corrected chi connectivity index (χ2v) is 4.84. The lowest BCUT2D eigenvalue weighted by Gasteiger charge is -2.18. The molecule has 1 aromatic heterocycles. The van der Waals surface area contributed by atoms with E-state index < -0.39 is 5.41 Å². The van der Waals surface area contributed by atoms with Gasteiger partial charge in [-0.15, -0.1) is 11.6 Å². The van der Waals surface area contributed by atoms with Crippen molar-refractivity contribution in [2.24, 2.45) is 5.41 Å². The van der Waals surface area contributed by atoms with E-state index in [-0.39, 0.29) is 11.8 Å². The van der Waals surface area contributed by atoms with Gasteiger partial charge in [0.1, 0.15) is 0 Å². The van der Waals surface area contributed by atoms with Gasteiger partial charge in [-0.2, -0.15) is 0 Å². The molecule has 2 aromatic rings. The molecule has 0 aliphatic rings. The first-order chi connectivity index (χ1) is 8.03. The normalized spacial score (nSPS) is 11.7. The third kappa shape index (κ3) is 2.42. The minimum Gasteiger partial charge on any atom is -0.324 e. The molecule has 0 radical (unpaired) electrons. The van der Waals surface area contributed by atoms with Crippen LogP contribution in [-0.2, 0) is 4.79 Å². The van der Waals surface area contributed by atoms with Crippen molar-refractivity contribution in [3.05, 3.63) is 24.3 Å². The molecule has 1 amide bonds. The van der Waals surface area contributed by atoms with Crippen LogP contribution in [0.15, 0.2) is 24.3 Å². The standard InChI is InChI=1S/C12H14ClN3O/c1-12(2,7-13)10(17)16-11-14-8-5-3-4-6-9(8)15-11/h3-6H,7H2,1-2H3,(H2,14,15,16,17). The summed E-state index contributed by atoms with van der Waals surface area (Å²) in [6.45, 7) is 3.58. The zero-order chi connectivity index (χ0) is 12.5. The lowest BCUT2D eigenvalue weighted by Crippen LogP contribution is -2.32. The number of hydrogen-bond donors (Lipinski definition) is 2. The van der Waals surface area contributed by atoms with Gasteiger partial charge >= 0.3 is 0 Å². The Bertz CT molecular complexity index is 514. The number of benzene rings is 1. The minimum atomic E-state index is -0.611. The van der Waals surface area contributed by atoms with Crippen molar-refractivity contribution in [3.63, 3.8) is 0 Å². The molecule has 0 unspecified atom stereocenters. The fourth-order valence-electron chi connectivity index (χ4n) is 1.35. The second-order valence-electron chi connectivity index (χ2n) is 4.57. The summed E-state index contributed by atoms with van der Waals surface area (Å²) >= 11 is 5.74. The quantitative estimate of drug-likeness (QED) is 0.824. The molecule has 2 rings (SSSR count). The van der Waals surface area contributed by atoms with Gasteiger partial charge in [0.2, 0.25) is 11.9 Å². The van der Waals surface area contributed by atoms with Gasteiger partial charge in [0.15, 0.2) is 0 Å². The third-order valence-corrected chi connectivity index (χ3v) is 3.24. The van der Waals surface area contributed by atoms with E-state index in [4.69, 9.17) is 11.6 Å². The molecule has 0 fully saturated rings. The van der Waals surface area contributed by atoms with E-state index in [1.807, 2.05) is 24.3 Å². The number of halogens is 1. The first kappa shape index (κ1) is 11.9. The highest BCUT2D eigenvalue weighted by Crippen LogP contribution is 2.20. The molecule has 0 spiro atoms. The van der Waals surface area contributed by atoms with Crippen molar-refractivity contribution in [2.75, 3.05) is 11.2 Å². The molecule has 17 heavy (non-hydrogen) atoms. The van der Waals surface area contributed by atoms with E-state index in [0.717, 1.165) is 11.0 Å². The number of rotatable bonds is 3. The van der Waals surface area contributed by atoms with Crippen molar-refractivity contribution in [3.8, 4) is 0 Å². The van der Waals surface area contributed by atoms with Crippen LogP contribution in [0.25, 0.3) is 11.0 Å². The number of nitrogens with one attached hydrogen (secondary N) is 2. The molecule has 4 nitrogen and oxygen atoms in total. The molecule has 90 valence electrons. The Hall–Kier alpha value is -1.55. The van der Waals surface area contributed by atoms with Gasteiger partial charge in [0, 0.05) is 5.88 Å². The van der Waals surface area contributed by atoms with E-state index in [9.17, 15) is 4.79 Å². The molecule has 0 bridgehead atoms. The SMILES string of the molecule is CC(C)(CCl)C(=O)Nc1nc2ccccc2[nH]1. The molecule has 0 atom stereocenters. The molecule has 0 aliphatic heterocycles. The number of H-pyrrole nitrogens is 1. The van der Waals surface area contributed by atoms with Gasteiger partial charge in [-0.3, -0.25) is 10.1 Å². The van der Waals surface area contributed by atoms with Crippen LogP contribution in [-0.4, -0.2) is 21.8 Å². The fraction of sp³-hybridized carbons (Fsp3) is 0.333. The number of imidazole rings is 1. The van der Waals surface area contributed by atoms with Crippen molar-refractivity contribution in [1.82, 2.24) is 9.97 Å². The molecular formula is C12H14ClN3O. The zero-order valence-corrected chi connectivity index (χ0v) is 10.5. The summed E-state index contributed by atoms with van der Waals surface area (Å²) in [5.74, 6) is 0.569. The van der Waals surface area contributed by atoms with Crippen LogP contribution in [0.1, 0.15) is 13.8 Å². The van der Waals surface area contributed by atoms with E-state index in [0.29, 0.717) is 5.95 Å². The number of para-hydroxylation sites is 2. The highest BCUT2D eigenvalue weighted by atomic mass is 35.5. The Kier molecular flexibility index (Phi) is 3.07. The van der Waals surface area contributed by atoms with Crippen molar-refractivity contribution < 1.29 is 4.79 Å². The maximum absolute atomic E-state index is 11.9. The Morgan fingerprint density at radius 1 is 1.47 bits per heavy atom. The number of alkyl halides is 1. The average molecular weight is 252 g/mol. The number of aromatic amines is 1. The van der Waals surface area contributed by atoms with Crippen LogP contribution in [0.5, 0.6) is 0 Å². The van der Waals surface area contributed by atoms with Gasteiger partial charge in [0.05, 0.1) is 16.4 Å². The summed E-state index contributed by atoms with van der Waals surface area (Å²) < 4.78 is 0. The maximum Gasteiger partial charge on any atom is 0.233 e. The first-order valence-electron chi connectivity index (χ1n) is 5.35. The number of hydrogen-bond acceptors (Lipinski definition) is 2. The number of fused-ring (bicyclic) bond motifs is 1. The van der Waals surface area contributed by atoms with Gasteiger partial charge in [-0.05, 0) is 26.0 Å². The molecule has 2 N–H and O–H groups in total. The number of anilines is 1. The Morgan fingerprint density at radius 3 is 2.82 bits per heavy atom. The van der Waals surface area contributed by atoms with Crippen LogP contribution in [0.3, 0.4) is 0 Å². The third-order valence-electron chi connectivity index (χ3n) is 2.57. The van der Waals surface area contributed by atoms with Crippen molar-refractivity contribution in [1.29, 1.82) is 0 Å². The molecule has 0 aliphatic carbocycles. The summed E-state index contributed by atoms with van der Waals surface area (Å²) in [6.07, 6.45) is 0. The van der Waals surface area contributed by atoms with Crippen LogP contribution in [0.4, 0.5) is 5.95 Å². The Balaban J connectivity index is 2.22. The number of amides is 1.